The molecule has 0 aliphatic heterocycles. The van der Waals surface area contributed by atoms with Crippen molar-refractivity contribution < 1.29 is 17.6 Å². The van der Waals surface area contributed by atoms with Crippen LogP contribution in [0.2, 0.25) is 19.6 Å². The standard InChI is InChI=1S/C20H20F3NOSi/c1-26(2,3)25-19(15-24,17-7-5-4-6-8-17)14-13-16-9-11-18(12-10-16)20(21,22)23/h4-14H,1-3H3/b14-13+. The predicted molar refractivity (Wildman–Crippen MR) is 98.6 cm³/mol. The summed E-state index contributed by atoms with van der Waals surface area (Å²) in [4.78, 5) is 0. The number of hydrogen-bond donors (Lipinski definition) is 0. The highest BCUT2D eigenvalue weighted by atomic mass is 28.4. The molecule has 0 heterocycles. The van der Waals surface area contributed by atoms with Crippen molar-refractivity contribution in [1.82, 2.24) is 0 Å². The normalized spacial score (nSPS) is 14.8. The molecule has 0 saturated heterocycles. The van der Waals surface area contributed by atoms with E-state index in [4.69, 9.17) is 4.43 Å². The number of nitriles is 1. The molecule has 0 fully saturated rings. The molecular formula is C20H20F3NOSi. The number of alkyl halides is 3. The zero-order valence-electron chi connectivity index (χ0n) is 14.8. The Kier molecular flexibility index (Phi) is 5.74. The SMILES string of the molecule is C[Si](C)(C)OC(C#N)(/C=C/c1ccc(C(F)(F)F)cc1)c1ccccc1. The van der Waals surface area contributed by atoms with Crippen molar-refractivity contribution in [3.8, 4) is 6.07 Å². The van der Waals surface area contributed by atoms with Gasteiger partial charge in [0.25, 0.3) is 0 Å². The second-order valence-electron chi connectivity index (χ2n) is 6.88. The van der Waals surface area contributed by atoms with Gasteiger partial charge < -0.3 is 4.43 Å². The molecule has 2 nitrogen and oxygen atoms in total. The fourth-order valence-electron chi connectivity index (χ4n) is 2.48. The first kappa shape index (κ1) is 20.0. The Labute approximate surface area is 152 Å². The van der Waals surface area contributed by atoms with Gasteiger partial charge in [0, 0.05) is 5.56 Å². The van der Waals surface area contributed by atoms with Gasteiger partial charge in [-0.2, -0.15) is 18.4 Å². The van der Waals surface area contributed by atoms with Crippen molar-refractivity contribution in [1.29, 1.82) is 5.26 Å². The molecule has 0 N–H and O–H groups in total. The fraction of sp³-hybridized carbons (Fsp3) is 0.250. The minimum Gasteiger partial charge on any atom is -0.394 e. The Hall–Kier alpha value is -2.36. The van der Waals surface area contributed by atoms with Crippen LogP contribution in [0.3, 0.4) is 0 Å². The Morgan fingerprint density at radius 1 is 0.923 bits per heavy atom. The Morgan fingerprint density at radius 2 is 1.50 bits per heavy atom. The lowest BCUT2D eigenvalue weighted by atomic mass is 9.94. The zero-order chi connectivity index (χ0) is 19.4. The molecule has 0 saturated carbocycles. The zero-order valence-corrected chi connectivity index (χ0v) is 15.8. The highest BCUT2D eigenvalue weighted by Gasteiger charge is 2.36. The summed E-state index contributed by atoms with van der Waals surface area (Å²) < 4.78 is 44.2. The number of rotatable bonds is 5. The van der Waals surface area contributed by atoms with Crippen LogP contribution in [0.15, 0.2) is 60.7 Å². The third-order valence-corrected chi connectivity index (χ3v) is 4.52. The first-order valence-corrected chi connectivity index (χ1v) is 11.5. The fourth-order valence-corrected chi connectivity index (χ4v) is 3.68. The van der Waals surface area contributed by atoms with Crippen LogP contribution >= 0.6 is 0 Å². The highest BCUT2D eigenvalue weighted by Crippen LogP contribution is 2.32. The average Bonchev–Trinajstić information content (AvgIpc) is 2.58. The molecule has 0 bridgehead atoms. The molecule has 2 aromatic rings. The van der Waals surface area contributed by atoms with Crippen molar-refractivity contribution in [2.75, 3.05) is 0 Å². The molecule has 0 aliphatic carbocycles. The number of benzene rings is 2. The molecule has 0 amide bonds. The van der Waals surface area contributed by atoms with Crippen LogP contribution in [0, 0.1) is 11.3 Å². The quantitative estimate of drug-likeness (QED) is 0.602. The monoisotopic (exact) mass is 375 g/mol. The van der Waals surface area contributed by atoms with E-state index in [1.807, 2.05) is 37.8 Å². The summed E-state index contributed by atoms with van der Waals surface area (Å²) in [6.45, 7) is 5.94. The van der Waals surface area contributed by atoms with E-state index in [0.29, 0.717) is 11.1 Å². The lowest BCUT2D eigenvalue weighted by Crippen LogP contribution is -2.38. The van der Waals surface area contributed by atoms with Crippen LogP contribution < -0.4 is 0 Å². The second kappa shape index (κ2) is 7.48. The number of hydrogen-bond acceptors (Lipinski definition) is 2. The third-order valence-electron chi connectivity index (χ3n) is 3.58. The van der Waals surface area contributed by atoms with E-state index < -0.39 is 25.7 Å². The van der Waals surface area contributed by atoms with Gasteiger partial charge in [0.1, 0.15) is 6.07 Å². The summed E-state index contributed by atoms with van der Waals surface area (Å²) in [5, 5.41) is 9.87. The lowest BCUT2D eigenvalue weighted by Gasteiger charge is -2.31. The Morgan fingerprint density at radius 3 is 1.96 bits per heavy atom. The molecule has 2 rings (SSSR count). The average molecular weight is 375 g/mol. The van der Waals surface area contributed by atoms with Crippen molar-refractivity contribution in [3.05, 3.63) is 77.4 Å². The topological polar surface area (TPSA) is 33.0 Å². The largest absolute Gasteiger partial charge is 0.416 e. The van der Waals surface area contributed by atoms with Crippen molar-refractivity contribution in [2.45, 2.75) is 31.4 Å². The van der Waals surface area contributed by atoms with Crippen molar-refractivity contribution in [2.24, 2.45) is 0 Å². The summed E-state index contributed by atoms with van der Waals surface area (Å²) in [5.41, 5.74) is -0.738. The van der Waals surface area contributed by atoms with E-state index in [2.05, 4.69) is 6.07 Å². The molecule has 0 spiro atoms. The minimum atomic E-state index is -4.37. The lowest BCUT2D eigenvalue weighted by molar-refractivity contribution is -0.137. The molecule has 1 unspecified atom stereocenters. The first-order valence-electron chi connectivity index (χ1n) is 8.09. The van der Waals surface area contributed by atoms with Gasteiger partial charge >= 0.3 is 6.18 Å². The summed E-state index contributed by atoms with van der Waals surface area (Å²) in [6, 6.07) is 16.1. The summed E-state index contributed by atoms with van der Waals surface area (Å²) in [7, 11) is -2.09. The molecule has 136 valence electrons. The van der Waals surface area contributed by atoms with Crippen LogP contribution in [0.4, 0.5) is 13.2 Å². The van der Waals surface area contributed by atoms with Crippen LogP contribution in [0.5, 0.6) is 0 Å². The van der Waals surface area contributed by atoms with Crippen LogP contribution in [0.1, 0.15) is 16.7 Å². The van der Waals surface area contributed by atoms with E-state index in [0.717, 1.165) is 12.1 Å². The van der Waals surface area contributed by atoms with Gasteiger partial charge in [0.15, 0.2) is 13.9 Å². The summed E-state index contributed by atoms with van der Waals surface area (Å²) in [6.07, 6.45) is -1.14. The highest BCUT2D eigenvalue weighted by molar-refractivity contribution is 6.69. The predicted octanol–water partition coefficient (Wildman–Crippen LogP) is 5.99. The Balaban J connectivity index is 2.41. The molecule has 0 aromatic heterocycles. The van der Waals surface area contributed by atoms with Gasteiger partial charge in [0.05, 0.1) is 5.56 Å². The van der Waals surface area contributed by atoms with Gasteiger partial charge in [-0.25, -0.2) is 0 Å². The smallest absolute Gasteiger partial charge is 0.394 e. The van der Waals surface area contributed by atoms with Crippen molar-refractivity contribution >= 4 is 14.4 Å². The van der Waals surface area contributed by atoms with Crippen molar-refractivity contribution in [3.63, 3.8) is 0 Å². The molecular weight excluding hydrogens is 355 g/mol. The summed E-state index contributed by atoms with van der Waals surface area (Å²) >= 11 is 0. The van der Waals surface area contributed by atoms with Gasteiger partial charge in [0.2, 0.25) is 0 Å². The maximum Gasteiger partial charge on any atom is 0.416 e. The van der Waals surface area contributed by atoms with E-state index in [9.17, 15) is 18.4 Å². The minimum absolute atomic E-state index is 0.563. The Bertz CT molecular complexity index is 802. The van der Waals surface area contributed by atoms with Gasteiger partial charge in [-0.1, -0.05) is 48.5 Å². The van der Waals surface area contributed by atoms with Crippen LogP contribution in [-0.4, -0.2) is 8.32 Å². The number of nitrogens with zero attached hydrogens (tertiary/aromatic N) is 1. The maximum atomic E-state index is 12.7. The van der Waals surface area contributed by atoms with E-state index in [-0.39, 0.29) is 0 Å². The molecule has 2 aromatic carbocycles. The van der Waals surface area contributed by atoms with Gasteiger partial charge in [-0.05, 0) is 43.4 Å². The molecule has 26 heavy (non-hydrogen) atoms. The van der Waals surface area contributed by atoms with E-state index >= 15 is 0 Å². The number of halogens is 3. The third kappa shape index (κ3) is 5.07. The second-order valence-corrected chi connectivity index (χ2v) is 11.3. The van der Waals surface area contributed by atoms with E-state index in [1.54, 1.807) is 24.3 Å². The molecule has 1 atom stereocenters. The van der Waals surface area contributed by atoms with Gasteiger partial charge in [-0.3, -0.25) is 0 Å². The molecule has 0 aliphatic rings. The molecule has 0 radical (unpaired) electrons. The summed E-state index contributed by atoms with van der Waals surface area (Å²) in [5.74, 6) is 0. The van der Waals surface area contributed by atoms with Crippen LogP contribution in [0.25, 0.3) is 6.08 Å². The van der Waals surface area contributed by atoms with Gasteiger partial charge in [-0.15, -0.1) is 0 Å². The van der Waals surface area contributed by atoms with E-state index in [1.165, 1.54) is 12.1 Å². The molecule has 6 heteroatoms. The van der Waals surface area contributed by atoms with Crippen LogP contribution in [-0.2, 0) is 16.2 Å². The maximum absolute atomic E-state index is 12.7. The first-order chi connectivity index (χ1) is 12.1.